The second-order valence-electron chi connectivity index (χ2n) is 5.17. The maximum absolute atomic E-state index is 11.7. The van der Waals surface area contributed by atoms with E-state index in [1.165, 1.54) is 5.69 Å². The molecule has 2 aromatic rings. The van der Waals surface area contributed by atoms with Crippen LogP contribution >= 0.6 is 0 Å². The van der Waals surface area contributed by atoms with Crippen LogP contribution in [0, 0.1) is 0 Å². The summed E-state index contributed by atoms with van der Waals surface area (Å²) in [6.45, 7) is 2.02. The maximum atomic E-state index is 11.7. The topological polar surface area (TPSA) is 62.2 Å². The zero-order valence-corrected chi connectivity index (χ0v) is 13.1. The molecular formula is C16H23N5O. The number of nitrogens with one attached hydrogen (secondary N) is 2. The van der Waals surface area contributed by atoms with E-state index in [0.29, 0.717) is 13.1 Å². The van der Waals surface area contributed by atoms with Gasteiger partial charge in [-0.15, -0.1) is 0 Å². The van der Waals surface area contributed by atoms with Gasteiger partial charge in [0.05, 0.1) is 12.2 Å². The third kappa shape index (κ3) is 4.80. The molecule has 0 spiro atoms. The average molecular weight is 301 g/mol. The summed E-state index contributed by atoms with van der Waals surface area (Å²) in [6.07, 6.45) is 2.61. The van der Waals surface area contributed by atoms with Crippen LogP contribution in [0.5, 0.6) is 0 Å². The SMILES string of the molecule is CN(CCCNC(=O)NCc1ccnn1C)c1ccccc1. The molecule has 0 saturated carbocycles. The highest BCUT2D eigenvalue weighted by molar-refractivity contribution is 5.73. The maximum Gasteiger partial charge on any atom is 0.315 e. The van der Waals surface area contributed by atoms with Gasteiger partial charge in [0.15, 0.2) is 0 Å². The summed E-state index contributed by atoms with van der Waals surface area (Å²) < 4.78 is 1.75. The van der Waals surface area contributed by atoms with Gasteiger partial charge in [0.1, 0.15) is 0 Å². The van der Waals surface area contributed by atoms with E-state index in [2.05, 4.69) is 39.8 Å². The fourth-order valence-electron chi connectivity index (χ4n) is 2.14. The first-order chi connectivity index (χ1) is 10.7. The molecule has 0 unspecified atom stereocenters. The van der Waals surface area contributed by atoms with Crippen molar-refractivity contribution in [2.45, 2.75) is 13.0 Å². The number of amides is 2. The van der Waals surface area contributed by atoms with Crippen LogP contribution in [0.3, 0.4) is 0 Å². The summed E-state index contributed by atoms with van der Waals surface area (Å²) in [5.74, 6) is 0. The van der Waals surface area contributed by atoms with Crippen molar-refractivity contribution in [2.24, 2.45) is 7.05 Å². The summed E-state index contributed by atoms with van der Waals surface area (Å²) in [7, 11) is 3.91. The van der Waals surface area contributed by atoms with E-state index >= 15 is 0 Å². The van der Waals surface area contributed by atoms with Gasteiger partial charge in [0.2, 0.25) is 0 Å². The Bertz CT molecular complexity index is 581. The zero-order valence-electron chi connectivity index (χ0n) is 13.1. The number of aromatic nitrogens is 2. The molecule has 0 atom stereocenters. The lowest BCUT2D eigenvalue weighted by Crippen LogP contribution is -2.37. The molecule has 22 heavy (non-hydrogen) atoms. The van der Waals surface area contributed by atoms with Gasteiger partial charge in [0.25, 0.3) is 0 Å². The van der Waals surface area contributed by atoms with E-state index in [-0.39, 0.29) is 6.03 Å². The van der Waals surface area contributed by atoms with Gasteiger partial charge < -0.3 is 15.5 Å². The Kier molecular flexibility index (Phi) is 5.82. The molecule has 118 valence electrons. The van der Waals surface area contributed by atoms with Crippen molar-refractivity contribution in [3.05, 3.63) is 48.3 Å². The molecule has 0 radical (unpaired) electrons. The Labute approximate surface area is 131 Å². The zero-order chi connectivity index (χ0) is 15.8. The second kappa shape index (κ2) is 8.07. The van der Waals surface area contributed by atoms with Crippen molar-refractivity contribution in [2.75, 3.05) is 25.0 Å². The van der Waals surface area contributed by atoms with Gasteiger partial charge >= 0.3 is 6.03 Å². The number of hydrogen-bond donors (Lipinski definition) is 2. The van der Waals surface area contributed by atoms with Gasteiger partial charge in [-0.25, -0.2) is 4.79 Å². The number of nitrogens with zero attached hydrogens (tertiary/aromatic N) is 3. The van der Waals surface area contributed by atoms with Gasteiger partial charge in [0, 0.05) is 39.1 Å². The minimum atomic E-state index is -0.149. The van der Waals surface area contributed by atoms with E-state index in [1.54, 1.807) is 10.9 Å². The number of benzene rings is 1. The Hall–Kier alpha value is -2.50. The summed E-state index contributed by atoms with van der Waals surface area (Å²) >= 11 is 0. The first-order valence-corrected chi connectivity index (χ1v) is 7.41. The molecule has 1 heterocycles. The van der Waals surface area contributed by atoms with Gasteiger partial charge in [-0.3, -0.25) is 4.68 Å². The Balaban J connectivity index is 1.60. The number of carbonyl (C=O) groups excluding carboxylic acids is 1. The second-order valence-corrected chi connectivity index (χ2v) is 5.17. The quantitative estimate of drug-likeness (QED) is 0.766. The molecule has 0 saturated heterocycles. The van der Waals surface area contributed by atoms with Crippen LogP contribution in [0.25, 0.3) is 0 Å². The van der Waals surface area contributed by atoms with E-state index in [0.717, 1.165) is 18.7 Å². The van der Waals surface area contributed by atoms with Crippen molar-refractivity contribution in [1.82, 2.24) is 20.4 Å². The molecule has 6 heteroatoms. The number of urea groups is 1. The average Bonchev–Trinajstić information content (AvgIpc) is 2.95. The largest absolute Gasteiger partial charge is 0.375 e. The lowest BCUT2D eigenvalue weighted by molar-refractivity contribution is 0.240. The van der Waals surface area contributed by atoms with Gasteiger partial charge in [-0.2, -0.15) is 5.10 Å². The fourth-order valence-corrected chi connectivity index (χ4v) is 2.14. The van der Waals surface area contributed by atoms with Gasteiger partial charge in [-0.1, -0.05) is 18.2 Å². The lowest BCUT2D eigenvalue weighted by atomic mass is 10.3. The smallest absolute Gasteiger partial charge is 0.315 e. The number of rotatable bonds is 7. The summed E-state index contributed by atoms with van der Waals surface area (Å²) in [4.78, 5) is 13.9. The first-order valence-electron chi connectivity index (χ1n) is 7.41. The monoisotopic (exact) mass is 301 g/mol. The van der Waals surface area contributed by atoms with Crippen LogP contribution in [-0.2, 0) is 13.6 Å². The van der Waals surface area contributed by atoms with Gasteiger partial charge in [-0.05, 0) is 24.6 Å². The molecule has 0 aliphatic heterocycles. The van der Waals surface area contributed by atoms with Crippen LogP contribution in [0.4, 0.5) is 10.5 Å². The third-order valence-electron chi connectivity index (χ3n) is 3.51. The number of carbonyl (C=O) groups is 1. The molecule has 2 rings (SSSR count). The highest BCUT2D eigenvalue weighted by atomic mass is 16.2. The molecule has 1 aromatic heterocycles. The minimum absolute atomic E-state index is 0.149. The minimum Gasteiger partial charge on any atom is -0.375 e. The van der Waals surface area contributed by atoms with E-state index in [9.17, 15) is 4.79 Å². The van der Waals surface area contributed by atoms with Crippen molar-refractivity contribution in [3.63, 3.8) is 0 Å². The van der Waals surface area contributed by atoms with Crippen molar-refractivity contribution in [1.29, 1.82) is 0 Å². The Morgan fingerprint density at radius 2 is 2.00 bits per heavy atom. The molecule has 1 aromatic carbocycles. The molecule has 2 amide bonds. The summed E-state index contributed by atoms with van der Waals surface area (Å²) in [6, 6.07) is 11.9. The van der Waals surface area contributed by atoms with Crippen LogP contribution < -0.4 is 15.5 Å². The number of hydrogen-bond acceptors (Lipinski definition) is 3. The predicted octanol–water partition coefficient (Wildman–Crippen LogP) is 1.75. The van der Waals surface area contributed by atoms with Crippen LogP contribution in [-0.4, -0.2) is 35.9 Å². The highest BCUT2D eigenvalue weighted by Crippen LogP contribution is 2.10. The standard InChI is InChI=1S/C16H23N5O/c1-20(14-7-4-3-5-8-14)12-6-10-17-16(22)18-13-15-9-11-19-21(15)2/h3-5,7-9,11H,6,10,12-13H2,1-2H3,(H2,17,18,22). The summed E-state index contributed by atoms with van der Waals surface area (Å²) in [5, 5.41) is 9.74. The Morgan fingerprint density at radius 3 is 2.68 bits per heavy atom. The molecule has 0 fully saturated rings. The lowest BCUT2D eigenvalue weighted by Gasteiger charge is -2.19. The molecule has 6 nitrogen and oxygen atoms in total. The fraction of sp³-hybridized carbons (Fsp3) is 0.375. The first kappa shape index (κ1) is 15.9. The normalized spacial score (nSPS) is 10.3. The number of anilines is 1. The van der Waals surface area contributed by atoms with Crippen molar-refractivity contribution < 1.29 is 4.79 Å². The van der Waals surface area contributed by atoms with E-state index in [4.69, 9.17) is 0 Å². The predicted molar refractivity (Wildman–Crippen MR) is 87.8 cm³/mol. The van der Waals surface area contributed by atoms with E-state index in [1.807, 2.05) is 31.3 Å². The Morgan fingerprint density at radius 1 is 1.23 bits per heavy atom. The number of para-hydroxylation sites is 1. The molecule has 2 N–H and O–H groups in total. The van der Waals surface area contributed by atoms with Crippen LogP contribution in [0.2, 0.25) is 0 Å². The van der Waals surface area contributed by atoms with Crippen LogP contribution in [0.1, 0.15) is 12.1 Å². The third-order valence-corrected chi connectivity index (χ3v) is 3.51. The highest BCUT2D eigenvalue weighted by Gasteiger charge is 2.03. The molecular weight excluding hydrogens is 278 g/mol. The van der Waals surface area contributed by atoms with Crippen molar-refractivity contribution >= 4 is 11.7 Å². The van der Waals surface area contributed by atoms with Crippen molar-refractivity contribution in [3.8, 4) is 0 Å². The molecule has 0 aliphatic carbocycles. The molecule has 0 bridgehead atoms. The van der Waals surface area contributed by atoms with Crippen LogP contribution in [0.15, 0.2) is 42.6 Å². The summed E-state index contributed by atoms with van der Waals surface area (Å²) in [5.41, 5.74) is 2.15. The van der Waals surface area contributed by atoms with E-state index < -0.39 is 0 Å². The molecule has 0 aliphatic rings. The number of aryl methyl sites for hydroxylation is 1.